The molecule has 0 aliphatic heterocycles. The molecule has 0 radical (unpaired) electrons. The number of rotatable bonds is 3. The van der Waals surface area contributed by atoms with Gasteiger partial charge in [0.15, 0.2) is 0 Å². The first kappa shape index (κ1) is 15.6. The molecule has 124 valence electrons. The van der Waals surface area contributed by atoms with Gasteiger partial charge in [0.1, 0.15) is 6.33 Å². The molecule has 1 amide bonds. The second-order valence-electron chi connectivity index (χ2n) is 5.79. The summed E-state index contributed by atoms with van der Waals surface area (Å²) in [5.41, 5.74) is 4.67. The van der Waals surface area contributed by atoms with Crippen LogP contribution in [0.2, 0.25) is 0 Å². The maximum absolute atomic E-state index is 12.3. The molecule has 0 unspecified atom stereocenters. The van der Waals surface area contributed by atoms with Gasteiger partial charge in [-0.05, 0) is 60.7 Å². The Morgan fingerprint density at radius 2 is 1.69 bits per heavy atom. The van der Waals surface area contributed by atoms with E-state index in [4.69, 9.17) is 5.26 Å². The molecule has 5 nitrogen and oxygen atoms in total. The summed E-state index contributed by atoms with van der Waals surface area (Å²) in [5.74, 6) is -0.213. The molecule has 1 N–H and O–H groups in total. The van der Waals surface area contributed by atoms with Crippen LogP contribution in [-0.2, 0) is 0 Å². The Hall–Kier alpha value is -3.91. The minimum atomic E-state index is -0.213. The van der Waals surface area contributed by atoms with Crippen molar-refractivity contribution in [3.05, 3.63) is 90.3 Å². The van der Waals surface area contributed by atoms with E-state index in [0.29, 0.717) is 16.8 Å². The average molecular weight is 338 g/mol. The lowest BCUT2D eigenvalue weighted by atomic mass is 10.1. The standard InChI is InChI=1S/C21H14N4O/c22-13-15-5-7-16(8-6-15)21(26)24-17-9-11-18(12-10-17)25-14-23-19-3-1-2-4-20(19)25/h1-12,14H,(H,24,26). The first-order chi connectivity index (χ1) is 12.7. The van der Waals surface area contributed by atoms with E-state index in [-0.39, 0.29) is 5.91 Å². The third-order valence-corrected chi connectivity index (χ3v) is 4.13. The molecule has 0 bridgehead atoms. The number of benzene rings is 3. The highest BCUT2D eigenvalue weighted by Crippen LogP contribution is 2.20. The van der Waals surface area contributed by atoms with E-state index in [9.17, 15) is 4.79 Å². The number of amides is 1. The quantitative estimate of drug-likeness (QED) is 0.610. The highest BCUT2D eigenvalue weighted by atomic mass is 16.1. The van der Waals surface area contributed by atoms with Gasteiger partial charge in [-0.1, -0.05) is 12.1 Å². The number of nitrogens with one attached hydrogen (secondary N) is 1. The number of para-hydroxylation sites is 2. The zero-order chi connectivity index (χ0) is 17.9. The normalized spacial score (nSPS) is 10.4. The predicted molar refractivity (Wildman–Crippen MR) is 100 cm³/mol. The fourth-order valence-corrected chi connectivity index (χ4v) is 2.77. The van der Waals surface area contributed by atoms with Gasteiger partial charge in [0.2, 0.25) is 0 Å². The summed E-state index contributed by atoms with van der Waals surface area (Å²) in [7, 11) is 0. The maximum Gasteiger partial charge on any atom is 0.255 e. The fourth-order valence-electron chi connectivity index (χ4n) is 2.77. The third-order valence-electron chi connectivity index (χ3n) is 4.13. The summed E-state index contributed by atoms with van der Waals surface area (Å²) in [4.78, 5) is 16.7. The molecule has 3 aromatic carbocycles. The van der Waals surface area contributed by atoms with Crippen LogP contribution < -0.4 is 5.32 Å². The van der Waals surface area contributed by atoms with Crippen molar-refractivity contribution in [2.24, 2.45) is 0 Å². The molecule has 0 spiro atoms. The number of carbonyl (C=O) groups excluding carboxylic acids is 1. The van der Waals surface area contributed by atoms with Crippen LogP contribution in [0.25, 0.3) is 16.7 Å². The lowest BCUT2D eigenvalue weighted by molar-refractivity contribution is 0.102. The zero-order valence-electron chi connectivity index (χ0n) is 13.8. The van der Waals surface area contributed by atoms with Gasteiger partial charge >= 0.3 is 0 Å². The summed E-state index contributed by atoms with van der Waals surface area (Å²) in [5, 5.41) is 11.7. The summed E-state index contributed by atoms with van der Waals surface area (Å²) in [6.07, 6.45) is 1.79. The number of aromatic nitrogens is 2. The van der Waals surface area contributed by atoms with Gasteiger partial charge in [-0.2, -0.15) is 5.26 Å². The summed E-state index contributed by atoms with van der Waals surface area (Å²) >= 11 is 0. The zero-order valence-corrected chi connectivity index (χ0v) is 13.8. The Bertz CT molecular complexity index is 1120. The van der Waals surface area contributed by atoms with Crippen molar-refractivity contribution in [3.63, 3.8) is 0 Å². The van der Waals surface area contributed by atoms with Gasteiger partial charge in [0.25, 0.3) is 5.91 Å². The van der Waals surface area contributed by atoms with Gasteiger partial charge in [-0.3, -0.25) is 9.36 Å². The van der Waals surface area contributed by atoms with Crippen LogP contribution in [0, 0.1) is 11.3 Å². The van der Waals surface area contributed by atoms with Crippen molar-refractivity contribution in [1.82, 2.24) is 9.55 Å². The molecule has 4 rings (SSSR count). The molecular weight excluding hydrogens is 324 g/mol. The Morgan fingerprint density at radius 1 is 0.962 bits per heavy atom. The Kier molecular flexibility index (Phi) is 3.92. The van der Waals surface area contributed by atoms with Crippen LogP contribution >= 0.6 is 0 Å². The third kappa shape index (κ3) is 2.92. The van der Waals surface area contributed by atoms with E-state index in [1.165, 1.54) is 0 Å². The minimum absolute atomic E-state index is 0.213. The van der Waals surface area contributed by atoms with Crippen molar-refractivity contribution in [1.29, 1.82) is 5.26 Å². The molecule has 4 aromatic rings. The molecule has 5 heteroatoms. The summed E-state index contributed by atoms with van der Waals surface area (Å²) < 4.78 is 2.00. The van der Waals surface area contributed by atoms with Crippen molar-refractivity contribution in [2.45, 2.75) is 0 Å². The molecule has 1 heterocycles. The first-order valence-corrected chi connectivity index (χ1v) is 8.09. The first-order valence-electron chi connectivity index (χ1n) is 8.09. The van der Waals surface area contributed by atoms with Crippen molar-refractivity contribution in [3.8, 4) is 11.8 Å². The Morgan fingerprint density at radius 3 is 2.42 bits per heavy atom. The number of fused-ring (bicyclic) bond motifs is 1. The number of hydrogen-bond donors (Lipinski definition) is 1. The number of anilines is 1. The number of carbonyl (C=O) groups is 1. The molecule has 0 saturated carbocycles. The Labute approximate surface area is 150 Å². The van der Waals surface area contributed by atoms with Crippen molar-refractivity contribution in [2.75, 3.05) is 5.32 Å². The van der Waals surface area contributed by atoms with Crippen LogP contribution in [0.5, 0.6) is 0 Å². The Balaban J connectivity index is 1.54. The van der Waals surface area contributed by atoms with Gasteiger partial charge in [-0.25, -0.2) is 4.98 Å². The number of nitrogens with zero attached hydrogens (tertiary/aromatic N) is 3. The number of imidazole rings is 1. The lowest BCUT2D eigenvalue weighted by Gasteiger charge is -2.08. The highest BCUT2D eigenvalue weighted by molar-refractivity contribution is 6.04. The second-order valence-corrected chi connectivity index (χ2v) is 5.79. The molecule has 0 aliphatic carbocycles. The van der Waals surface area contributed by atoms with Gasteiger partial charge in [0.05, 0.1) is 22.7 Å². The number of nitriles is 1. The van der Waals surface area contributed by atoms with E-state index in [1.807, 2.05) is 59.2 Å². The molecule has 0 saturated heterocycles. The van der Waals surface area contributed by atoms with E-state index in [0.717, 1.165) is 16.7 Å². The van der Waals surface area contributed by atoms with E-state index >= 15 is 0 Å². The highest BCUT2D eigenvalue weighted by Gasteiger charge is 2.07. The molecular formula is C21H14N4O. The van der Waals surface area contributed by atoms with Crippen LogP contribution in [0.3, 0.4) is 0 Å². The topological polar surface area (TPSA) is 70.7 Å². The predicted octanol–water partition coefficient (Wildman–Crippen LogP) is 4.15. The van der Waals surface area contributed by atoms with E-state index in [1.54, 1.807) is 30.6 Å². The van der Waals surface area contributed by atoms with E-state index < -0.39 is 0 Å². The summed E-state index contributed by atoms with van der Waals surface area (Å²) in [6, 6.07) is 24.1. The minimum Gasteiger partial charge on any atom is -0.322 e. The van der Waals surface area contributed by atoms with Gasteiger partial charge < -0.3 is 5.32 Å². The average Bonchev–Trinajstić information content (AvgIpc) is 3.13. The summed E-state index contributed by atoms with van der Waals surface area (Å²) in [6.45, 7) is 0. The maximum atomic E-state index is 12.3. The molecule has 0 aliphatic rings. The monoisotopic (exact) mass is 338 g/mol. The molecule has 0 fully saturated rings. The van der Waals surface area contributed by atoms with Gasteiger partial charge in [-0.15, -0.1) is 0 Å². The SMILES string of the molecule is N#Cc1ccc(C(=O)Nc2ccc(-n3cnc4ccccc43)cc2)cc1. The van der Waals surface area contributed by atoms with Crippen molar-refractivity contribution >= 4 is 22.6 Å². The van der Waals surface area contributed by atoms with Crippen LogP contribution in [-0.4, -0.2) is 15.5 Å². The lowest BCUT2D eigenvalue weighted by Crippen LogP contribution is -2.11. The number of hydrogen-bond acceptors (Lipinski definition) is 3. The molecule has 0 atom stereocenters. The molecule has 1 aromatic heterocycles. The van der Waals surface area contributed by atoms with Gasteiger partial charge in [0, 0.05) is 16.9 Å². The van der Waals surface area contributed by atoms with Crippen LogP contribution in [0.1, 0.15) is 15.9 Å². The largest absolute Gasteiger partial charge is 0.322 e. The second kappa shape index (κ2) is 6.54. The molecule has 26 heavy (non-hydrogen) atoms. The van der Waals surface area contributed by atoms with E-state index in [2.05, 4.69) is 10.3 Å². The van der Waals surface area contributed by atoms with Crippen molar-refractivity contribution < 1.29 is 4.79 Å². The van der Waals surface area contributed by atoms with Crippen LogP contribution in [0.15, 0.2) is 79.1 Å². The van der Waals surface area contributed by atoms with Crippen LogP contribution in [0.4, 0.5) is 5.69 Å². The fraction of sp³-hybridized carbons (Fsp3) is 0. The smallest absolute Gasteiger partial charge is 0.255 e.